The molecule has 0 spiro atoms. The van der Waals surface area contributed by atoms with E-state index in [4.69, 9.17) is 9.31 Å². The second-order valence-corrected chi connectivity index (χ2v) is 6.15. The van der Waals surface area contributed by atoms with E-state index in [1.807, 2.05) is 27.7 Å². The van der Waals surface area contributed by atoms with Crippen LogP contribution in [0.5, 0.6) is 0 Å². The Hall–Kier alpha value is -1.68. The molecule has 1 aliphatic heterocycles. The molecule has 3 rings (SSSR count). The van der Waals surface area contributed by atoms with E-state index in [2.05, 4.69) is 20.2 Å². The topological polar surface area (TPSA) is 72.9 Å². The van der Waals surface area contributed by atoms with Crippen LogP contribution in [0.2, 0.25) is 0 Å². The van der Waals surface area contributed by atoms with E-state index < -0.39 is 30.2 Å². The number of nitrogens with zero attached hydrogens (tertiary/aromatic N) is 3. The zero-order valence-electron chi connectivity index (χ0n) is 12.4. The van der Waals surface area contributed by atoms with Crippen molar-refractivity contribution in [3.8, 4) is 0 Å². The van der Waals surface area contributed by atoms with Crippen molar-refractivity contribution in [2.24, 2.45) is 0 Å². The number of halogens is 3. The molecule has 10 heteroatoms. The van der Waals surface area contributed by atoms with Gasteiger partial charge in [-0.25, -0.2) is 9.97 Å². The normalized spacial score (nSPS) is 20.8. The van der Waals surface area contributed by atoms with E-state index in [1.54, 1.807) is 0 Å². The first kappa shape index (κ1) is 15.2. The zero-order valence-corrected chi connectivity index (χ0v) is 12.4. The molecule has 1 saturated heterocycles. The molecular formula is C12H14BF3N4O2. The first-order chi connectivity index (χ1) is 10.0. The minimum absolute atomic E-state index is 0.0346. The molecule has 1 fully saturated rings. The molecule has 0 aromatic carbocycles. The van der Waals surface area contributed by atoms with Crippen molar-refractivity contribution in [2.45, 2.75) is 45.1 Å². The summed E-state index contributed by atoms with van der Waals surface area (Å²) in [5, 5.41) is 5.45. The van der Waals surface area contributed by atoms with Crippen LogP contribution < -0.4 is 5.59 Å². The summed E-state index contributed by atoms with van der Waals surface area (Å²) in [6.45, 7) is 7.38. The number of aromatic amines is 1. The number of nitrogens with one attached hydrogen (secondary N) is 1. The predicted octanol–water partition coefficient (Wildman–Crippen LogP) is 1.67. The maximum atomic E-state index is 12.9. The second kappa shape index (κ2) is 4.42. The molecule has 0 radical (unpaired) electrons. The molecule has 6 nitrogen and oxygen atoms in total. The highest BCUT2D eigenvalue weighted by molar-refractivity contribution is 6.61. The van der Waals surface area contributed by atoms with Crippen LogP contribution in [0.15, 0.2) is 6.20 Å². The lowest BCUT2D eigenvalue weighted by molar-refractivity contribution is -0.140. The Labute approximate surface area is 124 Å². The number of hydrogen-bond donors (Lipinski definition) is 1. The quantitative estimate of drug-likeness (QED) is 0.811. The fraction of sp³-hybridized carbons (Fsp3) is 0.583. The number of aromatic nitrogens is 4. The SMILES string of the molecule is CC1(C)OB(c2cnc3[nH]nc(C(F)(F)F)c3n2)OC1(C)C. The number of alkyl halides is 3. The van der Waals surface area contributed by atoms with Gasteiger partial charge in [0.05, 0.1) is 16.8 Å². The van der Waals surface area contributed by atoms with Crippen molar-refractivity contribution in [3.05, 3.63) is 11.9 Å². The molecular weight excluding hydrogens is 300 g/mol. The van der Waals surface area contributed by atoms with Gasteiger partial charge in [0.2, 0.25) is 0 Å². The van der Waals surface area contributed by atoms with Crippen molar-refractivity contribution in [3.63, 3.8) is 0 Å². The van der Waals surface area contributed by atoms with Gasteiger partial charge in [-0.15, -0.1) is 0 Å². The summed E-state index contributed by atoms with van der Waals surface area (Å²) in [5.41, 5.74) is -2.53. The highest BCUT2D eigenvalue weighted by Crippen LogP contribution is 2.36. The molecule has 1 N–H and O–H groups in total. The Kier molecular flexibility index (Phi) is 3.06. The van der Waals surface area contributed by atoms with Gasteiger partial charge in [0, 0.05) is 6.20 Å². The zero-order chi connectivity index (χ0) is 16.3. The number of rotatable bonds is 1. The predicted molar refractivity (Wildman–Crippen MR) is 72.4 cm³/mol. The van der Waals surface area contributed by atoms with E-state index in [-0.39, 0.29) is 16.8 Å². The van der Waals surface area contributed by atoms with Gasteiger partial charge in [0.25, 0.3) is 0 Å². The Bertz CT molecular complexity index is 713. The van der Waals surface area contributed by atoms with E-state index >= 15 is 0 Å². The molecule has 1 aliphatic rings. The standard InChI is InChI=1S/C12H14BF3N4O2/c1-10(2)11(3,4)22-13(21-10)6-5-17-9-7(18-6)8(19-20-9)12(14,15)16/h5H,1-4H3,(H,17,19,20). The summed E-state index contributed by atoms with van der Waals surface area (Å²) < 4.78 is 50.2. The van der Waals surface area contributed by atoms with Gasteiger partial charge in [0.1, 0.15) is 5.52 Å². The average Bonchev–Trinajstić information content (AvgIpc) is 2.87. The Morgan fingerprint density at radius 1 is 1.14 bits per heavy atom. The highest BCUT2D eigenvalue weighted by atomic mass is 19.4. The monoisotopic (exact) mass is 314 g/mol. The van der Waals surface area contributed by atoms with Crippen LogP contribution in [0.3, 0.4) is 0 Å². The van der Waals surface area contributed by atoms with Crippen LogP contribution >= 0.6 is 0 Å². The lowest BCUT2D eigenvalue weighted by Gasteiger charge is -2.32. The molecule has 0 atom stereocenters. The first-order valence-corrected chi connectivity index (χ1v) is 6.65. The average molecular weight is 314 g/mol. The van der Waals surface area contributed by atoms with Gasteiger partial charge in [0.15, 0.2) is 11.3 Å². The number of hydrogen-bond acceptors (Lipinski definition) is 5. The third-order valence-electron chi connectivity index (χ3n) is 4.05. The van der Waals surface area contributed by atoms with Gasteiger partial charge in [-0.3, -0.25) is 5.10 Å². The maximum absolute atomic E-state index is 12.9. The van der Waals surface area contributed by atoms with Crippen LogP contribution in [0, 0.1) is 0 Å². The molecule has 2 aromatic heterocycles. The van der Waals surface area contributed by atoms with Crippen LogP contribution in [0.1, 0.15) is 33.4 Å². The molecule has 22 heavy (non-hydrogen) atoms. The van der Waals surface area contributed by atoms with Gasteiger partial charge >= 0.3 is 13.3 Å². The summed E-state index contributed by atoms with van der Waals surface area (Å²) in [5.74, 6) is 0. The fourth-order valence-electron chi connectivity index (χ4n) is 2.09. The van der Waals surface area contributed by atoms with Crippen molar-refractivity contribution < 1.29 is 22.5 Å². The van der Waals surface area contributed by atoms with Crippen LogP contribution in [-0.4, -0.2) is 38.5 Å². The van der Waals surface area contributed by atoms with Crippen molar-refractivity contribution >= 4 is 23.9 Å². The molecule has 0 saturated carbocycles. The van der Waals surface area contributed by atoms with Crippen molar-refractivity contribution in [1.82, 2.24) is 20.2 Å². The van der Waals surface area contributed by atoms with Crippen LogP contribution in [0.4, 0.5) is 13.2 Å². The first-order valence-electron chi connectivity index (χ1n) is 6.65. The van der Waals surface area contributed by atoms with Crippen molar-refractivity contribution in [1.29, 1.82) is 0 Å². The van der Waals surface area contributed by atoms with E-state index in [0.29, 0.717) is 0 Å². The van der Waals surface area contributed by atoms with Crippen molar-refractivity contribution in [2.75, 3.05) is 0 Å². The van der Waals surface area contributed by atoms with Gasteiger partial charge in [-0.05, 0) is 27.7 Å². The van der Waals surface area contributed by atoms with Gasteiger partial charge in [-0.2, -0.15) is 18.3 Å². The fourth-order valence-corrected chi connectivity index (χ4v) is 2.09. The molecule has 0 amide bonds. The molecule has 0 unspecified atom stereocenters. The Balaban J connectivity index is 2.03. The van der Waals surface area contributed by atoms with Crippen LogP contribution in [0.25, 0.3) is 11.2 Å². The smallest absolute Gasteiger partial charge is 0.398 e. The summed E-state index contributed by atoms with van der Waals surface area (Å²) >= 11 is 0. The third kappa shape index (κ3) is 2.26. The molecule has 0 aliphatic carbocycles. The molecule has 0 bridgehead atoms. The molecule has 2 aromatic rings. The lowest BCUT2D eigenvalue weighted by atomic mass is 9.85. The van der Waals surface area contributed by atoms with Gasteiger partial charge in [-0.1, -0.05) is 0 Å². The molecule has 3 heterocycles. The van der Waals surface area contributed by atoms with Crippen LogP contribution in [-0.2, 0) is 15.5 Å². The highest BCUT2D eigenvalue weighted by Gasteiger charge is 2.52. The third-order valence-corrected chi connectivity index (χ3v) is 4.05. The lowest BCUT2D eigenvalue weighted by Crippen LogP contribution is -2.41. The minimum Gasteiger partial charge on any atom is -0.398 e. The number of fused-ring (bicyclic) bond motifs is 1. The summed E-state index contributed by atoms with van der Waals surface area (Å²) in [7, 11) is -0.877. The maximum Gasteiger partial charge on any atom is 0.516 e. The van der Waals surface area contributed by atoms with E-state index in [0.717, 1.165) is 0 Å². The van der Waals surface area contributed by atoms with Gasteiger partial charge < -0.3 is 9.31 Å². The minimum atomic E-state index is -4.61. The largest absolute Gasteiger partial charge is 0.516 e. The van der Waals surface area contributed by atoms with E-state index in [1.165, 1.54) is 6.20 Å². The number of H-pyrrole nitrogens is 1. The summed E-state index contributed by atoms with van der Waals surface area (Å²) in [4.78, 5) is 7.90. The molecule has 118 valence electrons. The Morgan fingerprint density at radius 3 is 2.27 bits per heavy atom. The second-order valence-electron chi connectivity index (χ2n) is 6.15. The summed E-state index contributed by atoms with van der Waals surface area (Å²) in [6, 6.07) is 0. The van der Waals surface area contributed by atoms with E-state index in [9.17, 15) is 13.2 Å². The Morgan fingerprint density at radius 2 is 1.73 bits per heavy atom. The summed E-state index contributed by atoms with van der Waals surface area (Å²) in [6.07, 6.45) is -3.29.